The van der Waals surface area contributed by atoms with E-state index in [0.717, 1.165) is 5.56 Å². The summed E-state index contributed by atoms with van der Waals surface area (Å²) < 4.78 is 3.55. The number of halogens is 1. The molecule has 1 amide bonds. The minimum absolute atomic E-state index is 0.166. The van der Waals surface area contributed by atoms with Crippen molar-refractivity contribution in [2.75, 3.05) is 5.32 Å². The molecule has 0 aliphatic carbocycles. The second-order valence-electron chi connectivity index (χ2n) is 5.83. The van der Waals surface area contributed by atoms with Gasteiger partial charge in [0.15, 0.2) is 11.5 Å². The van der Waals surface area contributed by atoms with Gasteiger partial charge in [0.1, 0.15) is 5.56 Å². The van der Waals surface area contributed by atoms with Crippen molar-refractivity contribution in [3.05, 3.63) is 63.5 Å². The quantitative estimate of drug-likeness (QED) is 0.664. The van der Waals surface area contributed by atoms with Crippen LogP contribution in [0.1, 0.15) is 32.0 Å². The van der Waals surface area contributed by atoms with E-state index in [9.17, 15) is 14.7 Å². The Hall–Kier alpha value is -2.94. The molecule has 0 saturated heterocycles. The highest BCUT2D eigenvalue weighted by molar-refractivity contribution is 9.10. The van der Waals surface area contributed by atoms with E-state index < -0.39 is 11.9 Å². The first kappa shape index (κ1) is 17.9. The summed E-state index contributed by atoms with van der Waals surface area (Å²) in [5, 5.41) is 20.0. The SMILES string of the molecule is Cc1ccc(Cn2cc(Br)c(NC(=O)c3nn(C)cc3C(=O)O)n2)cc1. The van der Waals surface area contributed by atoms with Crippen molar-refractivity contribution in [2.45, 2.75) is 13.5 Å². The molecule has 134 valence electrons. The highest BCUT2D eigenvalue weighted by Gasteiger charge is 2.22. The van der Waals surface area contributed by atoms with E-state index in [1.54, 1.807) is 17.9 Å². The highest BCUT2D eigenvalue weighted by Crippen LogP contribution is 2.22. The molecule has 0 atom stereocenters. The third kappa shape index (κ3) is 3.83. The zero-order chi connectivity index (χ0) is 18.8. The maximum absolute atomic E-state index is 12.4. The number of nitrogens with zero attached hydrogens (tertiary/aromatic N) is 4. The second kappa shape index (κ2) is 7.12. The standard InChI is InChI=1S/C17H16BrN5O3/c1-10-3-5-11(6-4-10)7-23-9-13(18)15(21-23)19-16(24)14-12(17(25)26)8-22(2)20-14/h3-6,8-9H,7H2,1-2H3,(H,25,26)(H,19,21,24). The Morgan fingerprint density at radius 2 is 1.88 bits per heavy atom. The zero-order valence-corrected chi connectivity index (χ0v) is 15.7. The number of carbonyl (C=O) groups is 2. The minimum Gasteiger partial charge on any atom is -0.478 e. The van der Waals surface area contributed by atoms with Crippen molar-refractivity contribution in [3.63, 3.8) is 0 Å². The van der Waals surface area contributed by atoms with Crippen molar-refractivity contribution >= 4 is 33.6 Å². The van der Waals surface area contributed by atoms with Crippen molar-refractivity contribution in [1.82, 2.24) is 19.6 Å². The summed E-state index contributed by atoms with van der Waals surface area (Å²) >= 11 is 3.36. The second-order valence-corrected chi connectivity index (χ2v) is 6.69. The predicted octanol–water partition coefficient (Wildman–Crippen LogP) is 2.69. The smallest absolute Gasteiger partial charge is 0.339 e. The fourth-order valence-electron chi connectivity index (χ4n) is 2.42. The fraction of sp³-hybridized carbons (Fsp3) is 0.176. The lowest BCUT2D eigenvalue weighted by Crippen LogP contribution is -2.17. The van der Waals surface area contributed by atoms with Gasteiger partial charge in [0.2, 0.25) is 0 Å². The molecule has 0 saturated carbocycles. The summed E-state index contributed by atoms with van der Waals surface area (Å²) in [4.78, 5) is 23.6. The van der Waals surface area contributed by atoms with Gasteiger partial charge in [0, 0.05) is 19.4 Å². The van der Waals surface area contributed by atoms with Gasteiger partial charge < -0.3 is 10.4 Å². The van der Waals surface area contributed by atoms with E-state index in [1.807, 2.05) is 31.2 Å². The van der Waals surface area contributed by atoms with E-state index in [1.165, 1.54) is 16.4 Å². The molecule has 3 rings (SSSR count). The molecular weight excluding hydrogens is 402 g/mol. The number of hydrogen-bond donors (Lipinski definition) is 2. The number of aromatic carboxylic acids is 1. The molecule has 8 nitrogen and oxygen atoms in total. The summed E-state index contributed by atoms with van der Waals surface area (Å²) in [6, 6.07) is 8.06. The first-order valence-corrected chi connectivity index (χ1v) is 8.49. The third-order valence-electron chi connectivity index (χ3n) is 3.69. The van der Waals surface area contributed by atoms with Crippen molar-refractivity contribution in [3.8, 4) is 0 Å². The maximum atomic E-state index is 12.4. The van der Waals surface area contributed by atoms with Gasteiger partial charge in [-0.2, -0.15) is 10.2 Å². The average Bonchev–Trinajstić information content (AvgIpc) is 3.13. The number of amides is 1. The third-order valence-corrected chi connectivity index (χ3v) is 4.27. The van der Waals surface area contributed by atoms with Gasteiger partial charge >= 0.3 is 5.97 Å². The predicted molar refractivity (Wildman–Crippen MR) is 98.3 cm³/mol. The molecule has 2 N–H and O–H groups in total. The van der Waals surface area contributed by atoms with Crippen LogP contribution >= 0.6 is 15.9 Å². The highest BCUT2D eigenvalue weighted by atomic mass is 79.9. The molecule has 0 aliphatic heterocycles. The molecule has 3 aromatic rings. The van der Waals surface area contributed by atoms with Crippen LogP contribution in [0.5, 0.6) is 0 Å². The Kier molecular flexibility index (Phi) is 4.90. The first-order valence-electron chi connectivity index (χ1n) is 7.70. The van der Waals surface area contributed by atoms with Crippen molar-refractivity contribution in [1.29, 1.82) is 0 Å². The van der Waals surface area contributed by atoms with Crippen LogP contribution in [0, 0.1) is 6.92 Å². The largest absolute Gasteiger partial charge is 0.478 e. The molecule has 0 unspecified atom stereocenters. The molecule has 0 fully saturated rings. The van der Waals surface area contributed by atoms with Gasteiger partial charge in [-0.3, -0.25) is 14.2 Å². The van der Waals surface area contributed by atoms with E-state index in [4.69, 9.17) is 0 Å². The normalized spacial score (nSPS) is 10.7. The molecule has 2 heterocycles. The van der Waals surface area contributed by atoms with Crippen LogP contribution in [-0.4, -0.2) is 36.5 Å². The summed E-state index contributed by atoms with van der Waals surface area (Å²) in [7, 11) is 1.55. The van der Waals surface area contributed by atoms with E-state index in [-0.39, 0.29) is 11.3 Å². The average molecular weight is 418 g/mol. The van der Waals surface area contributed by atoms with Crippen LogP contribution in [-0.2, 0) is 13.6 Å². The number of hydrogen-bond acceptors (Lipinski definition) is 4. The Morgan fingerprint density at radius 1 is 1.19 bits per heavy atom. The number of carboxylic acid groups (broad SMARTS) is 1. The van der Waals surface area contributed by atoms with E-state index in [0.29, 0.717) is 16.8 Å². The van der Waals surface area contributed by atoms with Gasteiger partial charge in [-0.1, -0.05) is 29.8 Å². The van der Waals surface area contributed by atoms with Gasteiger partial charge in [-0.05, 0) is 28.4 Å². The lowest BCUT2D eigenvalue weighted by molar-refractivity contribution is 0.0692. The molecular formula is C17H16BrN5O3. The van der Waals surface area contributed by atoms with Crippen molar-refractivity contribution in [2.24, 2.45) is 7.05 Å². The summed E-state index contributed by atoms with van der Waals surface area (Å²) in [6.45, 7) is 2.56. The summed E-state index contributed by atoms with van der Waals surface area (Å²) in [5.41, 5.74) is 1.91. The van der Waals surface area contributed by atoms with Crippen LogP contribution in [0.4, 0.5) is 5.82 Å². The number of rotatable bonds is 5. The number of carbonyl (C=O) groups excluding carboxylic acids is 1. The molecule has 0 aliphatic rings. The topological polar surface area (TPSA) is 102 Å². The van der Waals surface area contributed by atoms with Crippen molar-refractivity contribution < 1.29 is 14.7 Å². The molecule has 26 heavy (non-hydrogen) atoms. The Morgan fingerprint density at radius 3 is 2.54 bits per heavy atom. The number of anilines is 1. The monoisotopic (exact) mass is 417 g/mol. The molecule has 1 aromatic carbocycles. The lowest BCUT2D eigenvalue weighted by atomic mass is 10.1. The Labute approximate surface area is 157 Å². The van der Waals surface area contributed by atoms with Gasteiger partial charge in [-0.15, -0.1) is 0 Å². The molecule has 2 aromatic heterocycles. The number of aryl methyl sites for hydroxylation is 2. The van der Waals surface area contributed by atoms with Crippen LogP contribution in [0.15, 0.2) is 41.1 Å². The lowest BCUT2D eigenvalue weighted by Gasteiger charge is -2.03. The summed E-state index contributed by atoms with van der Waals surface area (Å²) in [5.74, 6) is -1.55. The molecule has 0 spiro atoms. The molecule has 9 heteroatoms. The number of nitrogens with one attached hydrogen (secondary N) is 1. The van der Waals surface area contributed by atoms with Gasteiger partial charge in [0.25, 0.3) is 5.91 Å². The number of benzene rings is 1. The van der Waals surface area contributed by atoms with Gasteiger partial charge in [-0.25, -0.2) is 4.79 Å². The van der Waals surface area contributed by atoms with Crippen LogP contribution in [0.2, 0.25) is 0 Å². The Bertz CT molecular complexity index is 975. The Balaban J connectivity index is 1.78. The first-order chi connectivity index (χ1) is 12.3. The molecule has 0 bridgehead atoms. The summed E-state index contributed by atoms with van der Waals surface area (Å²) in [6.07, 6.45) is 3.02. The van der Waals surface area contributed by atoms with Crippen LogP contribution in [0.25, 0.3) is 0 Å². The van der Waals surface area contributed by atoms with E-state index >= 15 is 0 Å². The minimum atomic E-state index is -1.22. The molecule has 0 radical (unpaired) electrons. The van der Waals surface area contributed by atoms with Gasteiger partial charge in [0.05, 0.1) is 11.0 Å². The number of aromatic nitrogens is 4. The number of carboxylic acids is 1. The fourth-order valence-corrected chi connectivity index (χ4v) is 2.84. The van der Waals surface area contributed by atoms with Crippen LogP contribution < -0.4 is 5.32 Å². The van der Waals surface area contributed by atoms with Crippen LogP contribution in [0.3, 0.4) is 0 Å². The zero-order valence-electron chi connectivity index (χ0n) is 14.1. The van der Waals surface area contributed by atoms with E-state index in [2.05, 4.69) is 31.4 Å². The maximum Gasteiger partial charge on any atom is 0.339 e.